The lowest BCUT2D eigenvalue weighted by Crippen LogP contribution is -2.54. The van der Waals surface area contributed by atoms with Crippen LogP contribution in [0.1, 0.15) is 73.6 Å². The number of thioether (sulfide) groups is 1. The van der Waals surface area contributed by atoms with E-state index in [1.54, 1.807) is 11.8 Å². The Balaban J connectivity index is 0.000000883. The fourth-order valence-corrected chi connectivity index (χ4v) is 7.41. The summed E-state index contributed by atoms with van der Waals surface area (Å²) in [4.78, 5) is 0. The molecule has 5 aliphatic rings. The van der Waals surface area contributed by atoms with Crippen LogP contribution in [0.5, 0.6) is 0 Å². The van der Waals surface area contributed by atoms with Crippen molar-refractivity contribution in [2.45, 2.75) is 85.5 Å². The molecule has 5 rings (SSSR count). The summed E-state index contributed by atoms with van der Waals surface area (Å²) in [6, 6.07) is 0. The molecule has 3 fully saturated rings. The van der Waals surface area contributed by atoms with Gasteiger partial charge in [-0.2, -0.15) is 0 Å². The average molecular weight is 447 g/mol. The van der Waals surface area contributed by atoms with Crippen LogP contribution < -0.4 is 0 Å². The minimum absolute atomic E-state index is 0. The lowest BCUT2D eigenvalue weighted by Gasteiger charge is -2.59. The highest BCUT2D eigenvalue weighted by atomic mass is 32.2. The Morgan fingerprint density at radius 1 is 1.06 bits per heavy atom. The summed E-state index contributed by atoms with van der Waals surface area (Å²) in [5, 5.41) is 14.1. The van der Waals surface area contributed by atoms with Crippen LogP contribution in [-0.4, -0.2) is 36.5 Å². The second kappa shape index (κ2) is 9.26. The van der Waals surface area contributed by atoms with Crippen LogP contribution in [0, 0.1) is 39.8 Å². The van der Waals surface area contributed by atoms with E-state index in [1.807, 2.05) is 13.8 Å². The van der Waals surface area contributed by atoms with Crippen LogP contribution in [0.25, 0.3) is 0 Å². The SMILES string of the molecule is C.CC.CSC#CC1CC2(C)C(=CCC2O)C2CC=C3CC4(CCC3(C)C12)OCCO4. The summed E-state index contributed by atoms with van der Waals surface area (Å²) in [6.07, 6.45) is 12.5. The van der Waals surface area contributed by atoms with Gasteiger partial charge < -0.3 is 14.6 Å². The molecule has 4 heteroatoms. The highest BCUT2D eigenvalue weighted by molar-refractivity contribution is 8.03. The van der Waals surface area contributed by atoms with E-state index < -0.39 is 0 Å². The first kappa shape index (κ1) is 24.9. The number of rotatable bonds is 0. The summed E-state index contributed by atoms with van der Waals surface area (Å²) in [5.74, 6) is 4.62. The summed E-state index contributed by atoms with van der Waals surface area (Å²) < 4.78 is 12.1. The lowest BCUT2D eigenvalue weighted by molar-refractivity contribution is -0.183. The third-order valence-electron chi connectivity index (χ3n) is 8.60. The number of aliphatic hydroxyl groups excluding tert-OH is 1. The van der Waals surface area contributed by atoms with Gasteiger partial charge in [0, 0.05) is 24.2 Å². The minimum Gasteiger partial charge on any atom is -0.392 e. The van der Waals surface area contributed by atoms with E-state index in [1.165, 1.54) is 11.1 Å². The molecule has 0 radical (unpaired) electrons. The Bertz CT molecular complexity index is 784. The molecule has 0 aromatic rings. The van der Waals surface area contributed by atoms with E-state index in [4.69, 9.17) is 9.47 Å². The van der Waals surface area contributed by atoms with Crippen LogP contribution >= 0.6 is 11.8 Å². The quantitative estimate of drug-likeness (QED) is 0.356. The molecule has 0 aromatic heterocycles. The second-order valence-electron chi connectivity index (χ2n) is 9.89. The molecule has 1 heterocycles. The maximum absolute atomic E-state index is 10.8. The van der Waals surface area contributed by atoms with E-state index in [0.717, 1.165) is 51.7 Å². The largest absolute Gasteiger partial charge is 0.392 e. The van der Waals surface area contributed by atoms with Gasteiger partial charge in [0.1, 0.15) is 0 Å². The number of ether oxygens (including phenoxy) is 2. The van der Waals surface area contributed by atoms with E-state index >= 15 is 0 Å². The molecule has 2 saturated carbocycles. The summed E-state index contributed by atoms with van der Waals surface area (Å²) in [7, 11) is 0. The lowest BCUT2D eigenvalue weighted by atomic mass is 9.46. The van der Waals surface area contributed by atoms with Gasteiger partial charge in [-0.1, -0.05) is 76.1 Å². The zero-order chi connectivity index (χ0) is 21.6. The van der Waals surface area contributed by atoms with Gasteiger partial charge in [0.2, 0.25) is 0 Å². The first-order chi connectivity index (χ1) is 14.4. The highest BCUT2D eigenvalue weighted by Gasteiger charge is 2.60. The maximum Gasteiger partial charge on any atom is 0.172 e. The molecular formula is C27H42O3S. The van der Waals surface area contributed by atoms with Gasteiger partial charge in [0.05, 0.1) is 19.3 Å². The van der Waals surface area contributed by atoms with Crippen LogP contribution in [0.15, 0.2) is 23.3 Å². The van der Waals surface area contributed by atoms with Crippen molar-refractivity contribution in [1.29, 1.82) is 0 Å². The molecule has 0 bridgehead atoms. The second-order valence-corrected chi connectivity index (χ2v) is 10.5. The topological polar surface area (TPSA) is 38.7 Å². The third-order valence-corrected chi connectivity index (χ3v) is 8.92. The smallest absolute Gasteiger partial charge is 0.172 e. The fourth-order valence-electron chi connectivity index (χ4n) is 7.14. The van der Waals surface area contributed by atoms with E-state index in [9.17, 15) is 5.11 Å². The molecule has 1 spiro atoms. The van der Waals surface area contributed by atoms with Crippen molar-refractivity contribution in [3.8, 4) is 11.2 Å². The molecule has 6 unspecified atom stereocenters. The Morgan fingerprint density at radius 2 is 1.77 bits per heavy atom. The first-order valence-electron chi connectivity index (χ1n) is 11.8. The van der Waals surface area contributed by atoms with Crippen LogP contribution in [0.3, 0.4) is 0 Å². The molecule has 3 nitrogen and oxygen atoms in total. The zero-order valence-corrected chi connectivity index (χ0v) is 20.1. The van der Waals surface area contributed by atoms with Gasteiger partial charge in [-0.25, -0.2) is 0 Å². The Morgan fingerprint density at radius 3 is 2.45 bits per heavy atom. The summed E-state index contributed by atoms with van der Waals surface area (Å²) in [5.41, 5.74) is 3.09. The molecule has 1 aliphatic heterocycles. The Hall–Kier alpha value is -0.730. The standard InChI is InChI=1S/C24H32O3S.C2H6.CH4/c1-22-9-10-24(26-11-12-27-24)15-17(22)4-5-18-19-6-7-20(25)23(19,2)14-16(21(18)22)8-13-28-3;1-2;/h4,6,16,18,20-21,25H,5,7,9-12,14-15H2,1-3H3;1-2H3;1H4. The molecule has 0 aromatic carbocycles. The van der Waals surface area contributed by atoms with Crippen molar-refractivity contribution in [2.24, 2.45) is 28.6 Å². The normalized spacial score (nSPS) is 41.7. The predicted octanol–water partition coefficient (Wildman–Crippen LogP) is 6.19. The van der Waals surface area contributed by atoms with Gasteiger partial charge in [-0.15, -0.1) is 0 Å². The predicted molar refractivity (Wildman–Crippen MR) is 131 cm³/mol. The average Bonchev–Trinajstić information content (AvgIpc) is 3.32. The van der Waals surface area contributed by atoms with Crippen molar-refractivity contribution < 1.29 is 14.6 Å². The van der Waals surface area contributed by atoms with Gasteiger partial charge in [-0.3, -0.25) is 0 Å². The Kier molecular flexibility index (Phi) is 7.44. The van der Waals surface area contributed by atoms with E-state index in [2.05, 4.69) is 43.4 Å². The molecule has 6 atom stereocenters. The molecule has 174 valence electrons. The van der Waals surface area contributed by atoms with Crippen molar-refractivity contribution in [3.63, 3.8) is 0 Å². The number of hydrogen-bond donors (Lipinski definition) is 1. The monoisotopic (exact) mass is 446 g/mol. The van der Waals surface area contributed by atoms with Gasteiger partial charge in [0.25, 0.3) is 0 Å². The van der Waals surface area contributed by atoms with Crippen molar-refractivity contribution >= 4 is 11.8 Å². The number of allylic oxidation sites excluding steroid dienone is 1. The van der Waals surface area contributed by atoms with Crippen LogP contribution in [0.4, 0.5) is 0 Å². The van der Waals surface area contributed by atoms with Crippen molar-refractivity contribution in [3.05, 3.63) is 23.3 Å². The molecule has 1 saturated heterocycles. The van der Waals surface area contributed by atoms with Crippen LogP contribution in [0.2, 0.25) is 0 Å². The molecule has 4 aliphatic carbocycles. The van der Waals surface area contributed by atoms with Crippen LogP contribution in [-0.2, 0) is 9.47 Å². The van der Waals surface area contributed by atoms with Gasteiger partial charge in [0.15, 0.2) is 5.79 Å². The molecule has 1 N–H and O–H groups in total. The summed E-state index contributed by atoms with van der Waals surface area (Å²) in [6.45, 7) is 10.2. The van der Waals surface area contributed by atoms with E-state index in [0.29, 0.717) is 17.8 Å². The summed E-state index contributed by atoms with van der Waals surface area (Å²) >= 11 is 1.61. The molecule has 31 heavy (non-hydrogen) atoms. The van der Waals surface area contributed by atoms with E-state index in [-0.39, 0.29) is 30.1 Å². The van der Waals surface area contributed by atoms with Gasteiger partial charge >= 0.3 is 0 Å². The van der Waals surface area contributed by atoms with Crippen molar-refractivity contribution in [2.75, 3.05) is 19.5 Å². The fraction of sp³-hybridized carbons (Fsp3) is 0.778. The molecule has 0 amide bonds. The van der Waals surface area contributed by atoms with Gasteiger partial charge in [-0.05, 0) is 54.4 Å². The highest BCUT2D eigenvalue weighted by Crippen LogP contribution is 2.66. The minimum atomic E-state index is -0.370. The third kappa shape index (κ3) is 3.84. The maximum atomic E-state index is 10.8. The zero-order valence-electron chi connectivity index (χ0n) is 19.3. The Labute approximate surface area is 194 Å². The number of aliphatic hydroxyl groups is 1. The number of fused-ring (bicyclic) bond motifs is 5. The number of hydrogen-bond acceptors (Lipinski definition) is 4. The molecular weight excluding hydrogens is 404 g/mol. The first-order valence-corrected chi connectivity index (χ1v) is 13.0. The van der Waals surface area contributed by atoms with Crippen molar-refractivity contribution in [1.82, 2.24) is 0 Å².